The van der Waals surface area contributed by atoms with E-state index in [1.54, 1.807) is 73.8 Å². The van der Waals surface area contributed by atoms with Gasteiger partial charge in [-0.25, -0.2) is 0 Å². The number of carbonyl (C=O) groups excluding carboxylic acids is 2. The van der Waals surface area contributed by atoms with Crippen LogP contribution in [-0.4, -0.2) is 25.9 Å². The molecule has 0 bridgehead atoms. The third kappa shape index (κ3) is 4.23. The van der Waals surface area contributed by atoms with Crippen LogP contribution in [0.3, 0.4) is 0 Å². The molecule has 3 rings (SSSR count). The highest BCUT2D eigenvalue weighted by Crippen LogP contribution is 2.30. The van der Waals surface area contributed by atoms with E-state index in [-0.39, 0.29) is 11.7 Å². The normalized spacial score (nSPS) is 10.2. The van der Waals surface area contributed by atoms with Crippen molar-refractivity contribution >= 4 is 33.3 Å². The molecule has 0 spiro atoms. The number of hydrogen-bond donors (Lipinski definition) is 1. The van der Waals surface area contributed by atoms with E-state index in [1.165, 1.54) is 7.11 Å². The van der Waals surface area contributed by atoms with Crippen molar-refractivity contribution in [2.75, 3.05) is 19.5 Å². The minimum absolute atomic E-state index is 0.217. The maximum absolute atomic E-state index is 12.9. The molecule has 0 atom stereocenters. The molecule has 0 heterocycles. The van der Waals surface area contributed by atoms with Gasteiger partial charge < -0.3 is 14.8 Å². The van der Waals surface area contributed by atoms with Gasteiger partial charge in [0.25, 0.3) is 5.91 Å². The van der Waals surface area contributed by atoms with E-state index in [0.29, 0.717) is 33.9 Å². The van der Waals surface area contributed by atoms with E-state index in [1.807, 2.05) is 0 Å². The SMILES string of the molecule is COc1ccc(NC(=O)c2ccccc2C(=O)c2ccc(Br)cc2)cc1OC. The molecule has 0 aliphatic rings. The highest BCUT2D eigenvalue weighted by molar-refractivity contribution is 9.10. The summed E-state index contributed by atoms with van der Waals surface area (Å²) in [4.78, 5) is 25.7. The summed E-state index contributed by atoms with van der Waals surface area (Å²) in [6.45, 7) is 0. The molecule has 0 aromatic heterocycles. The zero-order valence-corrected chi connectivity index (χ0v) is 16.9. The predicted octanol–water partition coefficient (Wildman–Crippen LogP) is 4.95. The number of anilines is 1. The van der Waals surface area contributed by atoms with Crippen LogP contribution in [0.25, 0.3) is 0 Å². The van der Waals surface area contributed by atoms with Gasteiger partial charge in [-0.3, -0.25) is 9.59 Å². The number of ketones is 1. The number of ether oxygens (including phenoxy) is 2. The first-order valence-corrected chi connectivity index (χ1v) is 9.25. The van der Waals surface area contributed by atoms with Crippen molar-refractivity contribution in [2.24, 2.45) is 0 Å². The van der Waals surface area contributed by atoms with Gasteiger partial charge in [0.1, 0.15) is 0 Å². The number of methoxy groups -OCH3 is 2. The number of rotatable bonds is 6. The molecule has 6 heteroatoms. The Labute approximate surface area is 171 Å². The number of carbonyl (C=O) groups is 2. The quantitative estimate of drug-likeness (QED) is 0.551. The molecule has 28 heavy (non-hydrogen) atoms. The van der Waals surface area contributed by atoms with Crippen LogP contribution in [0.5, 0.6) is 11.5 Å². The van der Waals surface area contributed by atoms with Crippen molar-refractivity contribution in [3.8, 4) is 11.5 Å². The lowest BCUT2D eigenvalue weighted by Gasteiger charge is -2.12. The molecule has 0 fully saturated rings. The average molecular weight is 440 g/mol. The molecular weight excluding hydrogens is 422 g/mol. The lowest BCUT2D eigenvalue weighted by Crippen LogP contribution is -2.17. The third-order valence-electron chi connectivity index (χ3n) is 4.16. The molecule has 0 aliphatic carbocycles. The Morgan fingerprint density at radius 3 is 2.11 bits per heavy atom. The first-order chi connectivity index (χ1) is 13.5. The van der Waals surface area contributed by atoms with Crippen LogP contribution in [0.4, 0.5) is 5.69 Å². The Bertz CT molecular complexity index is 1020. The van der Waals surface area contributed by atoms with Gasteiger partial charge in [-0.2, -0.15) is 0 Å². The van der Waals surface area contributed by atoms with E-state index >= 15 is 0 Å². The molecule has 0 saturated heterocycles. The van der Waals surface area contributed by atoms with Crippen LogP contribution in [0, 0.1) is 0 Å². The Kier molecular flexibility index (Phi) is 6.11. The Morgan fingerprint density at radius 1 is 0.821 bits per heavy atom. The standard InChI is InChI=1S/C22H18BrNO4/c1-27-19-12-11-16(13-20(19)28-2)24-22(26)18-6-4-3-5-17(18)21(25)14-7-9-15(23)10-8-14/h3-13H,1-2H3,(H,24,26). The van der Waals surface area contributed by atoms with Gasteiger partial charge in [-0.15, -0.1) is 0 Å². The molecule has 0 unspecified atom stereocenters. The highest BCUT2D eigenvalue weighted by Gasteiger charge is 2.18. The second kappa shape index (κ2) is 8.71. The van der Waals surface area contributed by atoms with E-state index in [2.05, 4.69) is 21.2 Å². The second-order valence-corrected chi connectivity index (χ2v) is 6.82. The number of hydrogen-bond acceptors (Lipinski definition) is 4. The second-order valence-electron chi connectivity index (χ2n) is 5.91. The van der Waals surface area contributed by atoms with Crippen molar-refractivity contribution in [3.63, 3.8) is 0 Å². The zero-order valence-electron chi connectivity index (χ0n) is 15.4. The largest absolute Gasteiger partial charge is 0.493 e. The van der Waals surface area contributed by atoms with Gasteiger partial charge in [0.2, 0.25) is 0 Å². The van der Waals surface area contributed by atoms with E-state index in [4.69, 9.17) is 9.47 Å². The maximum atomic E-state index is 12.9. The minimum atomic E-state index is -0.381. The van der Waals surface area contributed by atoms with Gasteiger partial charge in [0, 0.05) is 27.4 Å². The number of nitrogens with one attached hydrogen (secondary N) is 1. The summed E-state index contributed by atoms with van der Waals surface area (Å²) in [5.74, 6) is 0.463. The Hall–Kier alpha value is -3.12. The summed E-state index contributed by atoms with van der Waals surface area (Å²) in [6.07, 6.45) is 0. The molecule has 3 aromatic rings. The van der Waals surface area contributed by atoms with Gasteiger partial charge >= 0.3 is 0 Å². The smallest absolute Gasteiger partial charge is 0.256 e. The first kappa shape index (κ1) is 19.6. The lowest BCUT2D eigenvalue weighted by molar-refractivity contribution is 0.0996. The third-order valence-corrected chi connectivity index (χ3v) is 4.69. The number of halogens is 1. The van der Waals surface area contributed by atoms with E-state index in [0.717, 1.165) is 4.47 Å². The molecule has 3 aromatic carbocycles. The Morgan fingerprint density at radius 2 is 1.46 bits per heavy atom. The summed E-state index contributed by atoms with van der Waals surface area (Å²) in [7, 11) is 3.07. The van der Waals surface area contributed by atoms with Gasteiger partial charge in [0.05, 0.1) is 19.8 Å². The average Bonchev–Trinajstić information content (AvgIpc) is 2.73. The summed E-state index contributed by atoms with van der Waals surface area (Å²) >= 11 is 3.35. The van der Waals surface area contributed by atoms with Crippen molar-refractivity contribution in [1.29, 1.82) is 0 Å². The van der Waals surface area contributed by atoms with Crippen molar-refractivity contribution in [1.82, 2.24) is 0 Å². The fourth-order valence-corrected chi connectivity index (χ4v) is 3.01. The number of benzene rings is 3. The molecule has 0 aliphatic heterocycles. The van der Waals surface area contributed by atoms with Crippen LogP contribution < -0.4 is 14.8 Å². The fraction of sp³-hybridized carbons (Fsp3) is 0.0909. The molecule has 0 radical (unpaired) electrons. The monoisotopic (exact) mass is 439 g/mol. The van der Waals surface area contributed by atoms with Crippen LogP contribution in [0.2, 0.25) is 0 Å². The van der Waals surface area contributed by atoms with Gasteiger partial charge in [-0.05, 0) is 42.5 Å². The molecule has 0 saturated carbocycles. The van der Waals surface area contributed by atoms with Crippen molar-refractivity contribution in [3.05, 3.63) is 87.9 Å². The first-order valence-electron chi connectivity index (χ1n) is 8.46. The van der Waals surface area contributed by atoms with Crippen LogP contribution in [0.1, 0.15) is 26.3 Å². The van der Waals surface area contributed by atoms with Crippen molar-refractivity contribution < 1.29 is 19.1 Å². The highest BCUT2D eigenvalue weighted by atomic mass is 79.9. The van der Waals surface area contributed by atoms with E-state index < -0.39 is 0 Å². The maximum Gasteiger partial charge on any atom is 0.256 e. The van der Waals surface area contributed by atoms with Crippen LogP contribution >= 0.6 is 15.9 Å². The van der Waals surface area contributed by atoms with E-state index in [9.17, 15) is 9.59 Å². The number of amides is 1. The summed E-state index contributed by atoms with van der Waals surface area (Å²) in [5.41, 5.74) is 1.68. The van der Waals surface area contributed by atoms with Gasteiger partial charge in [-0.1, -0.05) is 34.1 Å². The molecule has 142 valence electrons. The zero-order chi connectivity index (χ0) is 20.1. The lowest BCUT2D eigenvalue weighted by atomic mass is 9.98. The minimum Gasteiger partial charge on any atom is -0.493 e. The Balaban J connectivity index is 1.89. The van der Waals surface area contributed by atoms with Crippen molar-refractivity contribution in [2.45, 2.75) is 0 Å². The summed E-state index contributed by atoms with van der Waals surface area (Å²) in [5, 5.41) is 2.81. The van der Waals surface area contributed by atoms with Gasteiger partial charge in [0.15, 0.2) is 17.3 Å². The molecule has 1 N–H and O–H groups in total. The topological polar surface area (TPSA) is 64.6 Å². The summed E-state index contributed by atoms with van der Waals surface area (Å²) in [6, 6.07) is 18.8. The van der Waals surface area contributed by atoms with Crippen LogP contribution in [-0.2, 0) is 0 Å². The van der Waals surface area contributed by atoms with Crippen LogP contribution in [0.15, 0.2) is 71.2 Å². The summed E-state index contributed by atoms with van der Waals surface area (Å²) < 4.78 is 11.3. The predicted molar refractivity (Wildman–Crippen MR) is 112 cm³/mol. The molecule has 1 amide bonds. The fourth-order valence-electron chi connectivity index (χ4n) is 2.75. The molecular formula is C22H18BrNO4. The molecule has 5 nitrogen and oxygen atoms in total.